The number of anilines is 2. The Labute approximate surface area is 189 Å². The van der Waals surface area contributed by atoms with Crippen molar-refractivity contribution in [3.63, 3.8) is 0 Å². The number of hydrogen-bond donors (Lipinski definition) is 0. The molecule has 0 aliphatic carbocycles. The van der Waals surface area contributed by atoms with E-state index in [0.717, 1.165) is 38.3 Å². The third-order valence-corrected chi connectivity index (χ3v) is 7.35. The van der Waals surface area contributed by atoms with Crippen LogP contribution in [0.5, 0.6) is 0 Å². The smallest absolute Gasteiger partial charge is 0.339 e. The predicted octanol–water partition coefficient (Wildman–Crippen LogP) is 3.35. The first-order valence-electron chi connectivity index (χ1n) is 10.2. The SMILES string of the molecule is CCOC(=O)c1ccc(N2CCCN(C(=O)c3cc4sc(N(C)C)nc4s3)CC2)nc1. The van der Waals surface area contributed by atoms with Crippen LogP contribution in [0.15, 0.2) is 24.4 Å². The number of thiophene rings is 1. The Balaban J connectivity index is 1.41. The van der Waals surface area contributed by atoms with Crippen LogP contribution in [0.1, 0.15) is 33.4 Å². The Hall–Kier alpha value is -2.72. The van der Waals surface area contributed by atoms with E-state index in [1.54, 1.807) is 30.5 Å². The lowest BCUT2D eigenvalue weighted by atomic mass is 10.2. The van der Waals surface area contributed by atoms with E-state index in [1.165, 1.54) is 11.3 Å². The molecule has 4 heterocycles. The molecule has 0 unspecified atom stereocenters. The second kappa shape index (κ2) is 9.19. The molecule has 10 heteroatoms. The van der Waals surface area contributed by atoms with Gasteiger partial charge in [-0.25, -0.2) is 14.8 Å². The maximum absolute atomic E-state index is 13.1. The van der Waals surface area contributed by atoms with E-state index >= 15 is 0 Å². The minimum atomic E-state index is -0.364. The first-order chi connectivity index (χ1) is 15.0. The maximum atomic E-state index is 13.1. The van der Waals surface area contributed by atoms with Gasteiger partial charge < -0.3 is 19.4 Å². The molecule has 0 bridgehead atoms. The number of hydrogen-bond acceptors (Lipinski definition) is 9. The number of carbonyl (C=O) groups is 2. The molecule has 1 amide bonds. The fraction of sp³-hybridized carbons (Fsp3) is 0.429. The van der Waals surface area contributed by atoms with Crippen molar-refractivity contribution >= 4 is 55.0 Å². The molecule has 1 fully saturated rings. The van der Waals surface area contributed by atoms with E-state index in [4.69, 9.17) is 4.74 Å². The summed E-state index contributed by atoms with van der Waals surface area (Å²) in [4.78, 5) is 41.6. The molecule has 3 aromatic rings. The van der Waals surface area contributed by atoms with Crippen molar-refractivity contribution in [2.45, 2.75) is 13.3 Å². The molecule has 31 heavy (non-hydrogen) atoms. The minimum Gasteiger partial charge on any atom is -0.462 e. The number of esters is 1. The summed E-state index contributed by atoms with van der Waals surface area (Å²) >= 11 is 3.06. The number of fused-ring (bicyclic) bond motifs is 1. The summed E-state index contributed by atoms with van der Waals surface area (Å²) in [7, 11) is 3.94. The first-order valence-corrected chi connectivity index (χ1v) is 11.8. The molecular formula is C21H25N5O3S2. The molecule has 0 saturated carbocycles. The molecule has 0 radical (unpaired) electrons. The van der Waals surface area contributed by atoms with E-state index in [2.05, 4.69) is 14.9 Å². The first kappa shape index (κ1) is 21.5. The van der Waals surface area contributed by atoms with E-state index in [9.17, 15) is 9.59 Å². The monoisotopic (exact) mass is 459 g/mol. The highest BCUT2D eigenvalue weighted by molar-refractivity contribution is 7.29. The van der Waals surface area contributed by atoms with Crippen molar-refractivity contribution in [2.24, 2.45) is 0 Å². The normalized spacial score (nSPS) is 14.5. The van der Waals surface area contributed by atoms with Crippen molar-refractivity contribution in [3.05, 3.63) is 34.8 Å². The Morgan fingerprint density at radius 1 is 1.16 bits per heavy atom. The topological polar surface area (TPSA) is 78.9 Å². The van der Waals surface area contributed by atoms with Gasteiger partial charge in [-0.1, -0.05) is 11.3 Å². The molecule has 4 rings (SSSR count). The van der Waals surface area contributed by atoms with Crippen LogP contribution < -0.4 is 9.80 Å². The van der Waals surface area contributed by atoms with Crippen molar-refractivity contribution in [2.75, 3.05) is 56.7 Å². The van der Waals surface area contributed by atoms with Gasteiger partial charge in [0.25, 0.3) is 5.91 Å². The zero-order chi connectivity index (χ0) is 22.0. The number of amides is 1. The van der Waals surface area contributed by atoms with Crippen molar-refractivity contribution in [1.29, 1.82) is 0 Å². The lowest BCUT2D eigenvalue weighted by Crippen LogP contribution is -2.35. The summed E-state index contributed by atoms with van der Waals surface area (Å²) in [6.45, 7) is 4.95. The van der Waals surface area contributed by atoms with Gasteiger partial charge in [0.05, 0.1) is 21.7 Å². The van der Waals surface area contributed by atoms with Crippen LogP contribution in [-0.4, -0.2) is 73.6 Å². The predicted molar refractivity (Wildman–Crippen MR) is 125 cm³/mol. The van der Waals surface area contributed by atoms with E-state index in [-0.39, 0.29) is 11.9 Å². The lowest BCUT2D eigenvalue weighted by molar-refractivity contribution is 0.0525. The summed E-state index contributed by atoms with van der Waals surface area (Å²) in [6, 6.07) is 5.54. The average molecular weight is 460 g/mol. The Morgan fingerprint density at radius 2 is 2.00 bits per heavy atom. The number of thiazole rings is 1. The summed E-state index contributed by atoms with van der Waals surface area (Å²) in [5.74, 6) is 0.505. The summed E-state index contributed by atoms with van der Waals surface area (Å²) in [6.07, 6.45) is 2.41. The van der Waals surface area contributed by atoms with Gasteiger partial charge in [-0.05, 0) is 31.5 Å². The Morgan fingerprint density at radius 3 is 2.68 bits per heavy atom. The molecule has 0 spiro atoms. The number of ether oxygens (including phenoxy) is 1. The average Bonchev–Trinajstić information content (AvgIpc) is 3.24. The molecule has 0 aromatic carbocycles. The van der Waals surface area contributed by atoms with Crippen molar-refractivity contribution in [3.8, 4) is 0 Å². The van der Waals surface area contributed by atoms with Gasteiger partial charge in [-0.15, -0.1) is 11.3 Å². The van der Waals surface area contributed by atoms with Gasteiger partial charge in [0.2, 0.25) is 0 Å². The molecule has 3 aromatic heterocycles. The van der Waals surface area contributed by atoms with Crippen LogP contribution >= 0.6 is 22.7 Å². The Bertz CT molecular complexity index is 1050. The number of rotatable bonds is 5. The standard InChI is InChI=1S/C21H25N5O3S2/c1-4-29-20(28)14-6-7-17(22-13-14)25-8-5-9-26(11-10-25)19(27)16-12-15-18(30-16)23-21(31-15)24(2)3/h6-7,12-13H,4-5,8-11H2,1-3H3. The highest BCUT2D eigenvalue weighted by Crippen LogP contribution is 2.34. The van der Waals surface area contributed by atoms with Crippen LogP contribution in [-0.2, 0) is 4.74 Å². The van der Waals surface area contributed by atoms with Gasteiger partial charge in [-0.2, -0.15) is 0 Å². The van der Waals surface area contributed by atoms with Gasteiger partial charge in [0.1, 0.15) is 10.6 Å². The minimum absolute atomic E-state index is 0.0640. The van der Waals surface area contributed by atoms with Crippen LogP contribution in [0, 0.1) is 0 Å². The number of pyridine rings is 1. The summed E-state index contributed by atoms with van der Waals surface area (Å²) in [5.41, 5.74) is 0.445. The van der Waals surface area contributed by atoms with Gasteiger partial charge in [0, 0.05) is 46.5 Å². The second-order valence-corrected chi connectivity index (χ2v) is 9.47. The van der Waals surface area contributed by atoms with Crippen LogP contribution in [0.25, 0.3) is 9.53 Å². The van der Waals surface area contributed by atoms with Crippen molar-refractivity contribution in [1.82, 2.24) is 14.9 Å². The van der Waals surface area contributed by atoms with Crippen LogP contribution in [0.4, 0.5) is 10.9 Å². The summed E-state index contributed by atoms with van der Waals surface area (Å²) in [5, 5.41) is 0.951. The van der Waals surface area contributed by atoms with Crippen LogP contribution in [0.3, 0.4) is 0 Å². The third-order valence-electron chi connectivity index (χ3n) is 5.04. The molecular weight excluding hydrogens is 434 g/mol. The van der Waals surface area contributed by atoms with E-state index < -0.39 is 0 Å². The fourth-order valence-corrected chi connectivity index (χ4v) is 5.54. The van der Waals surface area contributed by atoms with E-state index in [1.807, 2.05) is 36.0 Å². The Kier molecular flexibility index (Phi) is 6.38. The van der Waals surface area contributed by atoms with Crippen molar-refractivity contribution < 1.29 is 14.3 Å². The highest BCUT2D eigenvalue weighted by Gasteiger charge is 2.23. The zero-order valence-electron chi connectivity index (χ0n) is 17.8. The second-order valence-electron chi connectivity index (χ2n) is 7.43. The molecule has 1 aliphatic heterocycles. The number of aromatic nitrogens is 2. The van der Waals surface area contributed by atoms with E-state index in [0.29, 0.717) is 31.8 Å². The summed E-state index contributed by atoms with van der Waals surface area (Å²) < 4.78 is 6.06. The zero-order valence-corrected chi connectivity index (χ0v) is 19.5. The largest absolute Gasteiger partial charge is 0.462 e. The molecule has 8 nitrogen and oxygen atoms in total. The third kappa shape index (κ3) is 4.64. The molecule has 0 atom stereocenters. The van der Waals surface area contributed by atoms with Crippen LogP contribution in [0.2, 0.25) is 0 Å². The molecule has 1 aliphatic rings. The lowest BCUT2D eigenvalue weighted by Gasteiger charge is -2.22. The molecule has 1 saturated heterocycles. The number of carbonyl (C=O) groups excluding carboxylic acids is 2. The quantitative estimate of drug-likeness (QED) is 0.542. The van der Waals surface area contributed by atoms with Gasteiger partial charge in [0.15, 0.2) is 5.13 Å². The maximum Gasteiger partial charge on any atom is 0.339 e. The molecule has 164 valence electrons. The molecule has 0 N–H and O–H groups in total. The van der Waals surface area contributed by atoms with Gasteiger partial charge in [-0.3, -0.25) is 4.79 Å². The fourth-order valence-electron chi connectivity index (χ4n) is 3.43. The van der Waals surface area contributed by atoms with Gasteiger partial charge >= 0.3 is 5.97 Å². The number of nitrogens with zero attached hydrogens (tertiary/aromatic N) is 5. The highest BCUT2D eigenvalue weighted by atomic mass is 32.1.